The summed E-state index contributed by atoms with van der Waals surface area (Å²) in [5.41, 5.74) is 2.35. The highest BCUT2D eigenvalue weighted by Crippen LogP contribution is 2.29. The summed E-state index contributed by atoms with van der Waals surface area (Å²) in [7, 11) is 0. The molecule has 0 aliphatic rings. The fourth-order valence-corrected chi connectivity index (χ4v) is 2.39. The summed E-state index contributed by atoms with van der Waals surface area (Å²) >= 11 is 0. The number of aryl methyl sites for hydroxylation is 1. The second-order valence-corrected chi connectivity index (χ2v) is 6.51. The van der Waals surface area contributed by atoms with Crippen molar-refractivity contribution in [3.63, 3.8) is 0 Å². The molecule has 0 aliphatic heterocycles. The van der Waals surface area contributed by atoms with E-state index in [2.05, 4.69) is 26.1 Å². The lowest BCUT2D eigenvalue weighted by molar-refractivity contribution is -0.385. The number of nitro groups is 1. The molecule has 0 heterocycles. The van der Waals surface area contributed by atoms with E-state index < -0.39 is 4.92 Å². The smallest absolute Gasteiger partial charge is 0.273 e. The first-order valence-corrected chi connectivity index (χ1v) is 7.36. The number of para-hydroxylation sites is 1. The first-order chi connectivity index (χ1) is 10.7. The maximum Gasteiger partial charge on any atom is 0.273 e. The van der Waals surface area contributed by atoms with Gasteiger partial charge in [0, 0.05) is 22.9 Å². The number of carbonyl (C=O) groups excluding carboxylic acids is 1. The fourth-order valence-electron chi connectivity index (χ4n) is 2.39. The molecule has 5 nitrogen and oxygen atoms in total. The molecule has 0 fully saturated rings. The van der Waals surface area contributed by atoms with Gasteiger partial charge < -0.3 is 5.32 Å². The van der Waals surface area contributed by atoms with Crippen LogP contribution in [0.3, 0.4) is 0 Å². The first kappa shape index (κ1) is 16.7. The zero-order valence-corrected chi connectivity index (χ0v) is 13.7. The predicted molar refractivity (Wildman–Crippen MR) is 90.9 cm³/mol. The van der Waals surface area contributed by atoms with Crippen LogP contribution in [0.15, 0.2) is 42.5 Å². The second-order valence-electron chi connectivity index (χ2n) is 6.51. The minimum Gasteiger partial charge on any atom is -0.322 e. The summed E-state index contributed by atoms with van der Waals surface area (Å²) in [6.07, 6.45) is 0. The molecule has 2 aromatic rings. The zero-order valence-electron chi connectivity index (χ0n) is 13.7. The van der Waals surface area contributed by atoms with Gasteiger partial charge in [-0.2, -0.15) is 0 Å². The minimum atomic E-state index is -0.477. The van der Waals surface area contributed by atoms with Gasteiger partial charge in [-0.15, -0.1) is 0 Å². The van der Waals surface area contributed by atoms with E-state index in [4.69, 9.17) is 0 Å². The van der Waals surface area contributed by atoms with Crippen LogP contribution in [0, 0.1) is 17.0 Å². The van der Waals surface area contributed by atoms with Gasteiger partial charge in [-0.1, -0.05) is 45.0 Å². The third kappa shape index (κ3) is 3.74. The number of hydrogen-bond acceptors (Lipinski definition) is 3. The zero-order chi connectivity index (χ0) is 17.2. The average Bonchev–Trinajstić information content (AvgIpc) is 2.46. The molecule has 0 radical (unpaired) electrons. The number of hydrogen-bond donors (Lipinski definition) is 1. The van der Waals surface area contributed by atoms with Gasteiger partial charge in [0.1, 0.15) is 0 Å². The van der Waals surface area contributed by atoms with Gasteiger partial charge in [0.05, 0.1) is 4.92 Å². The van der Waals surface area contributed by atoms with Gasteiger partial charge in [-0.3, -0.25) is 14.9 Å². The van der Waals surface area contributed by atoms with Crippen molar-refractivity contribution in [1.29, 1.82) is 0 Å². The van der Waals surface area contributed by atoms with Crippen molar-refractivity contribution in [2.75, 3.05) is 5.32 Å². The first-order valence-electron chi connectivity index (χ1n) is 7.36. The topological polar surface area (TPSA) is 72.2 Å². The lowest BCUT2D eigenvalue weighted by atomic mass is 9.86. The van der Waals surface area contributed by atoms with Crippen molar-refractivity contribution < 1.29 is 9.72 Å². The predicted octanol–water partition coefficient (Wildman–Crippen LogP) is 4.45. The Labute approximate surface area is 135 Å². The molecule has 0 spiro atoms. The van der Waals surface area contributed by atoms with Crippen LogP contribution in [0.5, 0.6) is 0 Å². The molecule has 1 amide bonds. The Morgan fingerprint density at radius 3 is 2.39 bits per heavy atom. The van der Waals surface area contributed by atoms with Crippen LogP contribution in [0.4, 0.5) is 11.4 Å². The maximum absolute atomic E-state index is 12.4. The number of anilines is 1. The molecule has 2 aromatic carbocycles. The Morgan fingerprint density at radius 2 is 1.78 bits per heavy atom. The van der Waals surface area contributed by atoms with Gasteiger partial charge >= 0.3 is 0 Å². The Kier molecular flexibility index (Phi) is 4.50. The summed E-state index contributed by atoms with van der Waals surface area (Å²) < 4.78 is 0. The molecule has 0 bridgehead atoms. The summed E-state index contributed by atoms with van der Waals surface area (Å²) in [6.45, 7) is 7.84. The lowest BCUT2D eigenvalue weighted by Crippen LogP contribution is -2.18. The SMILES string of the molecule is Cc1ccc(C(=O)Nc2ccccc2C(C)(C)C)cc1[N+](=O)[O-]. The van der Waals surface area contributed by atoms with E-state index in [1.165, 1.54) is 6.07 Å². The largest absolute Gasteiger partial charge is 0.322 e. The Balaban J connectivity index is 2.34. The number of carbonyl (C=O) groups is 1. The third-order valence-corrected chi connectivity index (χ3v) is 3.65. The van der Waals surface area contributed by atoms with Crippen LogP contribution < -0.4 is 5.32 Å². The molecule has 2 rings (SSSR count). The summed E-state index contributed by atoms with van der Waals surface area (Å²) in [6, 6.07) is 12.1. The van der Waals surface area contributed by atoms with E-state index in [9.17, 15) is 14.9 Å². The Bertz CT molecular complexity index is 761. The van der Waals surface area contributed by atoms with E-state index in [1.54, 1.807) is 19.1 Å². The number of nitrogens with zero attached hydrogens (tertiary/aromatic N) is 1. The van der Waals surface area contributed by atoms with Gasteiger partial charge in [-0.25, -0.2) is 0 Å². The molecule has 5 heteroatoms. The quantitative estimate of drug-likeness (QED) is 0.672. The van der Waals surface area contributed by atoms with Crippen molar-refractivity contribution in [3.05, 3.63) is 69.3 Å². The number of nitro benzene ring substituents is 1. The third-order valence-electron chi connectivity index (χ3n) is 3.65. The van der Waals surface area contributed by atoms with Gasteiger partial charge in [0.25, 0.3) is 11.6 Å². The molecular weight excluding hydrogens is 292 g/mol. The van der Waals surface area contributed by atoms with Crippen molar-refractivity contribution in [3.8, 4) is 0 Å². The molecule has 0 saturated heterocycles. The van der Waals surface area contributed by atoms with Crippen LogP contribution >= 0.6 is 0 Å². The van der Waals surface area contributed by atoms with Crippen LogP contribution in [-0.2, 0) is 5.41 Å². The Hall–Kier alpha value is -2.69. The molecule has 0 aromatic heterocycles. The monoisotopic (exact) mass is 312 g/mol. The summed E-state index contributed by atoms with van der Waals surface area (Å²) in [5, 5.41) is 13.9. The number of benzene rings is 2. The highest BCUT2D eigenvalue weighted by Gasteiger charge is 2.20. The molecule has 23 heavy (non-hydrogen) atoms. The number of amides is 1. The van der Waals surface area contributed by atoms with E-state index in [0.717, 1.165) is 5.56 Å². The molecule has 0 aliphatic carbocycles. The van der Waals surface area contributed by atoms with E-state index in [0.29, 0.717) is 11.3 Å². The van der Waals surface area contributed by atoms with Crippen LogP contribution in [0.2, 0.25) is 0 Å². The lowest BCUT2D eigenvalue weighted by Gasteiger charge is -2.23. The van der Waals surface area contributed by atoms with Crippen molar-refractivity contribution in [2.45, 2.75) is 33.1 Å². The van der Waals surface area contributed by atoms with E-state index in [-0.39, 0.29) is 22.6 Å². The Morgan fingerprint density at radius 1 is 1.13 bits per heavy atom. The van der Waals surface area contributed by atoms with Crippen LogP contribution in [0.1, 0.15) is 42.3 Å². The molecule has 0 unspecified atom stereocenters. The van der Waals surface area contributed by atoms with Crippen molar-refractivity contribution in [1.82, 2.24) is 0 Å². The van der Waals surface area contributed by atoms with Gasteiger partial charge in [0.15, 0.2) is 0 Å². The number of nitrogens with one attached hydrogen (secondary N) is 1. The second kappa shape index (κ2) is 6.20. The highest BCUT2D eigenvalue weighted by molar-refractivity contribution is 6.05. The molecule has 1 N–H and O–H groups in total. The van der Waals surface area contributed by atoms with E-state index in [1.807, 2.05) is 24.3 Å². The average molecular weight is 312 g/mol. The van der Waals surface area contributed by atoms with Crippen LogP contribution in [0.25, 0.3) is 0 Å². The molecule has 0 saturated carbocycles. The normalized spacial score (nSPS) is 11.1. The van der Waals surface area contributed by atoms with Crippen LogP contribution in [-0.4, -0.2) is 10.8 Å². The maximum atomic E-state index is 12.4. The summed E-state index contributed by atoms with van der Waals surface area (Å²) in [5.74, 6) is -0.357. The number of rotatable bonds is 3. The standard InChI is InChI=1S/C18H20N2O3/c1-12-9-10-13(11-16(12)20(22)23)17(21)19-15-8-6-5-7-14(15)18(2,3)4/h5-11H,1-4H3,(H,19,21). The fraction of sp³-hybridized carbons (Fsp3) is 0.278. The van der Waals surface area contributed by atoms with Gasteiger partial charge in [-0.05, 0) is 30.0 Å². The van der Waals surface area contributed by atoms with Gasteiger partial charge in [0.2, 0.25) is 0 Å². The summed E-state index contributed by atoms with van der Waals surface area (Å²) in [4.78, 5) is 23.0. The van der Waals surface area contributed by atoms with Crippen molar-refractivity contribution >= 4 is 17.3 Å². The molecular formula is C18H20N2O3. The van der Waals surface area contributed by atoms with E-state index >= 15 is 0 Å². The highest BCUT2D eigenvalue weighted by atomic mass is 16.6. The van der Waals surface area contributed by atoms with Crippen molar-refractivity contribution in [2.24, 2.45) is 0 Å². The molecule has 0 atom stereocenters. The molecule has 120 valence electrons. The minimum absolute atomic E-state index is 0.0539.